The minimum atomic E-state index is -0.239. The summed E-state index contributed by atoms with van der Waals surface area (Å²) >= 11 is 0. The minimum Gasteiger partial charge on any atom is -0.457 e. The summed E-state index contributed by atoms with van der Waals surface area (Å²) in [5, 5.41) is 9.12. The molecule has 1 unspecified atom stereocenters. The molecule has 0 radical (unpaired) electrons. The van der Waals surface area contributed by atoms with Crippen LogP contribution in [0.4, 0.5) is 5.69 Å². The third kappa shape index (κ3) is 3.22. The predicted molar refractivity (Wildman–Crippen MR) is 97.9 cm³/mol. The lowest BCUT2D eigenvalue weighted by Crippen LogP contribution is -2.64. The van der Waals surface area contributed by atoms with E-state index in [2.05, 4.69) is 11.1 Å². The van der Waals surface area contributed by atoms with Crippen LogP contribution in [0.5, 0.6) is 11.5 Å². The molecule has 4 rings (SSSR count). The predicted octanol–water partition coefficient (Wildman–Crippen LogP) is 2.29. The number of piperazine rings is 2. The number of para-hydroxylation sites is 1. The summed E-state index contributed by atoms with van der Waals surface area (Å²) < 4.78 is 5.81. The van der Waals surface area contributed by atoms with Crippen LogP contribution in [0.2, 0.25) is 0 Å². The topological polar surface area (TPSA) is 59.8 Å². The van der Waals surface area contributed by atoms with Crippen LogP contribution in [-0.2, 0) is 4.79 Å². The number of ether oxygens (including phenoxy) is 1. The number of anilines is 1. The molecule has 2 aromatic rings. The third-order valence-corrected chi connectivity index (χ3v) is 4.92. The molecule has 0 spiro atoms. The fraction of sp³-hybridized carbons (Fsp3) is 0.300. The van der Waals surface area contributed by atoms with Gasteiger partial charge in [-0.2, -0.15) is 5.26 Å². The summed E-state index contributed by atoms with van der Waals surface area (Å²) in [7, 11) is 0. The van der Waals surface area contributed by atoms with E-state index in [1.54, 1.807) is 4.90 Å². The van der Waals surface area contributed by atoms with E-state index in [1.165, 1.54) is 0 Å². The first-order valence-electron chi connectivity index (χ1n) is 8.78. The van der Waals surface area contributed by atoms with Gasteiger partial charge in [0.1, 0.15) is 17.5 Å². The van der Waals surface area contributed by atoms with Gasteiger partial charge in [0, 0.05) is 31.9 Å². The first-order chi connectivity index (χ1) is 12.7. The Morgan fingerprint density at radius 1 is 0.923 bits per heavy atom. The first kappa shape index (κ1) is 16.4. The minimum absolute atomic E-state index is 0.0629. The lowest BCUT2D eigenvalue weighted by atomic mass is 10.1. The van der Waals surface area contributed by atoms with Crippen LogP contribution in [0.1, 0.15) is 0 Å². The van der Waals surface area contributed by atoms with E-state index in [4.69, 9.17) is 10.00 Å². The van der Waals surface area contributed by atoms with Crippen LogP contribution >= 0.6 is 0 Å². The van der Waals surface area contributed by atoms with Gasteiger partial charge in [0.25, 0.3) is 0 Å². The SMILES string of the molecule is N#CN1CCN2CCN(c3ccc(Oc4ccccc4)cc3)C(=O)C2C1. The average Bonchev–Trinajstić information content (AvgIpc) is 2.70. The van der Waals surface area contributed by atoms with Crippen molar-refractivity contribution in [2.24, 2.45) is 0 Å². The Bertz CT molecular complexity index is 816. The molecule has 2 aliphatic heterocycles. The molecule has 1 amide bonds. The summed E-state index contributed by atoms with van der Waals surface area (Å²) in [6, 6.07) is 17.0. The molecular formula is C20H20N4O2. The second kappa shape index (κ2) is 7.06. The number of fused-ring (bicyclic) bond motifs is 1. The van der Waals surface area contributed by atoms with Gasteiger partial charge in [-0.05, 0) is 36.4 Å². The highest BCUT2D eigenvalue weighted by Gasteiger charge is 2.38. The lowest BCUT2D eigenvalue weighted by molar-refractivity contribution is -0.127. The zero-order chi connectivity index (χ0) is 17.9. The Kier molecular flexibility index (Phi) is 4.46. The van der Waals surface area contributed by atoms with E-state index < -0.39 is 0 Å². The van der Waals surface area contributed by atoms with Crippen molar-refractivity contribution in [3.8, 4) is 17.7 Å². The number of nitrogens with zero attached hydrogens (tertiary/aromatic N) is 4. The van der Waals surface area contributed by atoms with Crippen molar-refractivity contribution in [3.05, 3.63) is 54.6 Å². The summed E-state index contributed by atoms with van der Waals surface area (Å²) in [5.41, 5.74) is 0.865. The smallest absolute Gasteiger partial charge is 0.246 e. The van der Waals surface area contributed by atoms with Crippen LogP contribution in [0, 0.1) is 11.5 Å². The Balaban J connectivity index is 1.47. The van der Waals surface area contributed by atoms with Crippen LogP contribution in [0.3, 0.4) is 0 Å². The Morgan fingerprint density at radius 2 is 1.62 bits per heavy atom. The number of carbonyl (C=O) groups excluding carboxylic acids is 1. The molecule has 0 saturated carbocycles. The van der Waals surface area contributed by atoms with Crippen molar-refractivity contribution >= 4 is 11.6 Å². The molecule has 2 heterocycles. The van der Waals surface area contributed by atoms with Crippen LogP contribution in [0.25, 0.3) is 0 Å². The van der Waals surface area contributed by atoms with Crippen molar-refractivity contribution in [1.29, 1.82) is 5.26 Å². The number of carbonyl (C=O) groups is 1. The van der Waals surface area contributed by atoms with Crippen LogP contribution in [-0.4, -0.2) is 54.5 Å². The molecule has 6 heteroatoms. The molecule has 0 N–H and O–H groups in total. The fourth-order valence-electron chi connectivity index (χ4n) is 3.51. The molecule has 2 aliphatic rings. The molecule has 1 atom stereocenters. The maximum Gasteiger partial charge on any atom is 0.246 e. The lowest BCUT2D eigenvalue weighted by Gasteiger charge is -2.45. The van der Waals surface area contributed by atoms with Gasteiger partial charge in [0.05, 0.1) is 6.54 Å². The maximum absolute atomic E-state index is 12.9. The Hall–Kier alpha value is -3.04. The van der Waals surface area contributed by atoms with Crippen LogP contribution in [0.15, 0.2) is 54.6 Å². The Morgan fingerprint density at radius 3 is 2.35 bits per heavy atom. The molecule has 26 heavy (non-hydrogen) atoms. The molecule has 0 aliphatic carbocycles. The van der Waals surface area contributed by atoms with Crippen molar-refractivity contribution in [1.82, 2.24) is 9.80 Å². The Labute approximate surface area is 152 Å². The second-order valence-electron chi connectivity index (χ2n) is 6.50. The highest BCUT2D eigenvalue weighted by atomic mass is 16.5. The van der Waals surface area contributed by atoms with Gasteiger partial charge in [-0.3, -0.25) is 9.69 Å². The van der Waals surface area contributed by atoms with Gasteiger partial charge < -0.3 is 14.5 Å². The molecule has 6 nitrogen and oxygen atoms in total. The monoisotopic (exact) mass is 348 g/mol. The number of hydrogen-bond donors (Lipinski definition) is 0. The number of hydrogen-bond acceptors (Lipinski definition) is 5. The van der Waals surface area contributed by atoms with E-state index in [0.29, 0.717) is 19.6 Å². The van der Waals surface area contributed by atoms with Crippen LogP contribution < -0.4 is 9.64 Å². The number of rotatable bonds is 3. The van der Waals surface area contributed by atoms with Gasteiger partial charge in [-0.25, -0.2) is 0 Å². The van der Waals surface area contributed by atoms with E-state index in [0.717, 1.165) is 30.3 Å². The molecule has 2 aromatic carbocycles. The second-order valence-corrected chi connectivity index (χ2v) is 6.50. The maximum atomic E-state index is 12.9. The molecule has 2 fully saturated rings. The van der Waals surface area contributed by atoms with Gasteiger partial charge in [0.15, 0.2) is 6.19 Å². The van der Waals surface area contributed by atoms with Gasteiger partial charge in [-0.1, -0.05) is 18.2 Å². The zero-order valence-electron chi connectivity index (χ0n) is 14.4. The number of amides is 1. The summed E-state index contributed by atoms with van der Waals surface area (Å²) in [6.45, 7) is 3.44. The van der Waals surface area contributed by atoms with Gasteiger partial charge in [0.2, 0.25) is 5.91 Å². The standard InChI is InChI=1S/C20H20N4O2/c21-15-22-10-11-23-12-13-24(20(25)19(23)14-22)16-6-8-18(9-7-16)26-17-4-2-1-3-5-17/h1-9,19H,10-14H2. The van der Waals surface area contributed by atoms with E-state index in [-0.39, 0.29) is 11.9 Å². The van der Waals surface area contributed by atoms with E-state index in [1.807, 2.05) is 59.5 Å². The van der Waals surface area contributed by atoms with Crippen molar-refractivity contribution in [3.63, 3.8) is 0 Å². The highest BCUT2D eigenvalue weighted by Crippen LogP contribution is 2.27. The number of benzene rings is 2. The normalized spacial score (nSPS) is 20.4. The summed E-state index contributed by atoms with van der Waals surface area (Å²) in [6.07, 6.45) is 2.16. The molecule has 0 bridgehead atoms. The highest BCUT2D eigenvalue weighted by molar-refractivity contribution is 5.98. The average molecular weight is 348 g/mol. The summed E-state index contributed by atoms with van der Waals surface area (Å²) in [4.78, 5) is 18.6. The van der Waals surface area contributed by atoms with Crippen molar-refractivity contribution in [2.45, 2.75) is 6.04 Å². The van der Waals surface area contributed by atoms with Crippen molar-refractivity contribution < 1.29 is 9.53 Å². The zero-order valence-corrected chi connectivity index (χ0v) is 14.4. The molecular weight excluding hydrogens is 328 g/mol. The third-order valence-electron chi connectivity index (χ3n) is 4.92. The van der Waals surface area contributed by atoms with E-state index >= 15 is 0 Å². The number of nitriles is 1. The first-order valence-corrected chi connectivity index (χ1v) is 8.78. The van der Waals surface area contributed by atoms with E-state index in [9.17, 15) is 4.79 Å². The largest absolute Gasteiger partial charge is 0.457 e. The molecule has 132 valence electrons. The molecule has 0 aromatic heterocycles. The quantitative estimate of drug-likeness (QED) is 0.797. The van der Waals surface area contributed by atoms with Crippen molar-refractivity contribution in [2.75, 3.05) is 37.6 Å². The van der Waals surface area contributed by atoms with Gasteiger partial charge in [-0.15, -0.1) is 0 Å². The van der Waals surface area contributed by atoms with Gasteiger partial charge >= 0.3 is 0 Å². The molecule has 2 saturated heterocycles. The fourth-order valence-corrected chi connectivity index (χ4v) is 3.51. The summed E-state index contributed by atoms with van der Waals surface area (Å²) in [5.74, 6) is 1.58.